The van der Waals surface area contributed by atoms with E-state index in [1.807, 2.05) is 31.2 Å². The van der Waals surface area contributed by atoms with Crippen molar-refractivity contribution in [2.45, 2.75) is 33.1 Å². The van der Waals surface area contributed by atoms with E-state index in [1.165, 1.54) is 0 Å². The van der Waals surface area contributed by atoms with Gasteiger partial charge in [0.2, 0.25) is 5.91 Å². The lowest BCUT2D eigenvalue weighted by Crippen LogP contribution is -2.31. The number of nitrogens with two attached hydrogens (primary N) is 1. The molecule has 1 amide bonds. The van der Waals surface area contributed by atoms with E-state index in [0.29, 0.717) is 11.6 Å². The number of anilines is 1. The van der Waals surface area contributed by atoms with E-state index in [4.69, 9.17) is 5.73 Å². The highest BCUT2D eigenvalue weighted by Gasteiger charge is 2.15. The molecule has 0 saturated heterocycles. The van der Waals surface area contributed by atoms with Gasteiger partial charge in [0, 0.05) is 12.2 Å². The zero-order chi connectivity index (χ0) is 12.8. The van der Waals surface area contributed by atoms with Crippen LogP contribution in [0.5, 0.6) is 0 Å². The standard InChI is InChI=1S/C14H22N2O/c1-4-10(2)9-16-14(17)11(3)12-6-5-7-13(15)8-12/h5-8,10-11H,4,9,15H2,1-3H3,(H,16,17). The Labute approximate surface area is 103 Å². The van der Waals surface area contributed by atoms with E-state index in [9.17, 15) is 4.79 Å². The average molecular weight is 234 g/mol. The minimum Gasteiger partial charge on any atom is -0.399 e. The average Bonchev–Trinajstić information content (AvgIpc) is 2.34. The Morgan fingerprint density at radius 2 is 2.12 bits per heavy atom. The maximum atomic E-state index is 11.9. The first-order chi connectivity index (χ1) is 8.04. The molecule has 0 spiro atoms. The number of benzene rings is 1. The van der Waals surface area contributed by atoms with Gasteiger partial charge in [0.25, 0.3) is 0 Å². The summed E-state index contributed by atoms with van der Waals surface area (Å²) in [7, 11) is 0. The normalized spacial score (nSPS) is 14.1. The van der Waals surface area contributed by atoms with Gasteiger partial charge < -0.3 is 11.1 Å². The first-order valence-electron chi connectivity index (χ1n) is 6.17. The van der Waals surface area contributed by atoms with Crippen LogP contribution in [0.2, 0.25) is 0 Å². The first-order valence-corrected chi connectivity index (χ1v) is 6.17. The lowest BCUT2D eigenvalue weighted by atomic mass is 9.99. The number of rotatable bonds is 5. The van der Waals surface area contributed by atoms with Crippen LogP contribution >= 0.6 is 0 Å². The quantitative estimate of drug-likeness (QED) is 0.769. The number of amides is 1. The fourth-order valence-electron chi connectivity index (χ4n) is 1.55. The van der Waals surface area contributed by atoms with Crippen molar-refractivity contribution in [2.24, 2.45) is 5.92 Å². The van der Waals surface area contributed by atoms with Crippen LogP contribution in [0.3, 0.4) is 0 Å². The maximum Gasteiger partial charge on any atom is 0.227 e. The Morgan fingerprint density at radius 3 is 2.71 bits per heavy atom. The van der Waals surface area contributed by atoms with Gasteiger partial charge in [-0.1, -0.05) is 32.4 Å². The molecule has 1 rings (SSSR count). The van der Waals surface area contributed by atoms with E-state index in [1.54, 1.807) is 0 Å². The van der Waals surface area contributed by atoms with Crippen molar-refractivity contribution in [1.82, 2.24) is 5.32 Å². The van der Waals surface area contributed by atoms with Crippen LogP contribution in [-0.2, 0) is 4.79 Å². The largest absolute Gasteiger partial charge is 0.399 e. The molecule has 2 unspecified atom stereocenters. The van der Waals surface area contributed by atoms with E-state index < -0.39 is 0 Å². The molecule has 0 aliphatic carbocycles. The van der Waals surface area contributed by atoms with Gasteiger partial charge >= 0.3 is 0 Å². The summed E-state index contributed by atoms with van der Waals surface area (Å²) in [6, 6.07) is 7.49. The molecule has 0 aliphatic heterocycles. The molecule has 0 saturated carbocycles. The number of nitrogens with one attached hydrogen (secondary N) is 1. The predicted octanol–water partition coefficient (Wildman–Crippen LogP) is 2.53. The van der Waals surface area contributed by atoms with E-state index >= 15 is 0 Å². The molecule has 3 N–H and O–H groups in total. The van der Waals surface area contributed by atoms with Crippen molar-refractivity contribution in [2.75, 3.05) is 12.3 Å². The van der Waals surface area contributed by atoms with Gasteiger partial charge in [0.1, 0.15) is 0 Å². The number of carbonyl (C=O) groups excluding carboxylic acids is 1. The molecule has 0 bridgehead atoms. The Kier molecular flexibility index (Phi) is 5.01. The topological polar surface area (TPSA) is 55.1 Å². The van der Waals surface area contributed by atoms with Crippen molar-refractivity contribution < 1.29 is 4.79 Å². The Hall–Kier alpha value is -1.51. The molecule has 0 aliphatic rings. The molecule has 1 aromatic carbocycles. The molecule has 17 heavy (non-hydrogen) atoms. The molecular formula is C14H22N2O. The molecule has 0 fully saturated rings. The SMILES string of the molecule is CCC(C)CNC(=O)C(C)c1cccc(N)c1. The highest BCUT2D eigenvalue weighted by atomic mass is 16.1. The fraction of sp³-hybridized carbons (Fsp3) is 0.500. The van der Waals surface area contributed by atoms with Gasteiger partial charge in [-0.25, -0.2) is 0 Å². The van der Waals surface area contributed by atoms with Crippen molar-refractivity contribution in [3.63, 3.8) is 0 Å². The number of carbonyl (C=O) groups is 1. The van der Waals surface area contributed by atoms with E-state index in [2.05, 4.69) is 19.2 Å². The van der Waals surface area contributed by atoms with Crippen molar-refractivity contribution in [3.05, 3.63) is 29.8 Å². The molecule has 1 aromatic rings. The third-order valence-electron chi connectivity index (χ3n) is 3.13. The van der Waals surface area contributed by atoms with E-state index in [0.717, 1.165) is 18.5 Å². The van der Waals surface area contributed by atoms with Crippen molar-refractivity contribution in [1.29, 1.82) is 0 Å². The molecule has 94 valence electrons. The second-order valence-corrected chi connectivity index (χ2v) is 4.65. The summed E-state index contributed by atoms with van der Waals surface area (Å²) in [5, 5.41) is 2.97. The summed E-state index contributed by atoms with van der Waals surface area (Å²) < 4.78 is 0. The van der Waals surface area contributed by atoms with Gasteiger partial charge in [-0.3, -0.25) is 4.79 Å². The second kappa shape index (κ2) is 6.28. The zero-order valence-corrected chi connectivity index (χ0v) is 10.9. The number of hydrogen-bond donors (Lipinski definition) is 2. The van der Waals surface area contributed by atoms with Crippen LogP contribution in [0.4, 0.5) is 5.69 Å². The third-order valence-corrected chi connectivity index (χ3v) is 3.13. The monoisotopic (exact) mass is 234 g/mol. The fourth-order valence-corrected chi connectivity index (χ4v) is 1.55. The molecular weight excluding hydrogens is 212 g/mol. The zero-order valence-electron chi connectivity index (χ0n) is 10.9. The van der Waals surface area contributed by atoms with Gasteiger partial charge in [-0.2, -0.15) is 0 Å². The molecule has 0 heterocycles. The summed E-state index contributed by atoms with van der Waals surface area (Å²) >= 11 is 0. The Balaban J connectivity index is 2.57. The minimum absolute atomic E-state index is 0.0656. The molecule has 0 aromatic heterocycles. The molecule has 2 atom stereocenters. The lowest BCUT2D eigenvalue weighted by Gasteiger charge is -2.15. The molecule has 3 nitrogen and oxygen atoms in total. The predicted molar refractivity (Wildman–Crippen MR) is 71.7 cm³/mol. The highest BCUT2D eigenvalue weighted by Crippen LogP contribution is 2.17. The Morgan fingerprint density at radius 1 is 1.41 bits per heavy atom. The third kappa shape index (κ3) is 4.10. The first kappa shape index (κ1) is 13.6. The van der Waals surface area contributed by atoms with Crippen LogP contribution < -0.4 is 11.1 Å². The second-order valence-electron chi connectivity index (χ2n) is 4.65. The molecule has 3 heteroatoms. The summed E-state index contributed by atoms with van der Waals surface area (Å²) in [5.41, 5.74) is 7.37. The van der Waals surface area contributed by atoms with Gasteiger partial charge in [0.05, 0.1) is 5.92 Å². The minimum atomic E-state index is -0.150. The summed E-state index contributed by atoms with van der Waals surface area (Å²) in [6.07, 6.45) is 1.08. The highest BCUT2D eigenvalue weighted by molar-refractivity contribution is 5.83. The van der Waals surface area contributed by atoms with Crippen LogP contribution in [-0.4, -0.2) is 12.5 Å². The van der Waals surface area contributed by atoms with Gasteiger partial charge in [0.15, 0.2) is 0 Å². The summed E-state index contributed by atoms with van der Waals surface area (Å²) in [5.74, 6) is 0.436. The van der Waals surface area contributed by atoms with Crippen molar-refractivity contribution in [3.8, 4) is 0 Å². The molecule has 0 radical (unpaired) electrons. The van der Waals surface area contributed by atoms with Crippen LogP contribution in [0.15, 0.2) is 24.3 Å². The maximum absolute atomic E-state index is 11.9. The van der Waals surface area contributed by atoms with E-state index in [-0.39, 0.29) is 11.8 Å². The smallest absolute Gasteiger partial charge is 0.227 e. The van der Waals surface area contributed by atoms with Crippen molar-refractivity contribution >= 4 is 11.6 Å². The summed E-state index contributed by atoms with van der Waals surface area (Å²) in [6.45, 7) is 6.90. The van der Waals surface area contributed by atoms with Crippen LogP contribution in [0, 0.1) is 5.92 Å². The van der Waals surface area contributed by atoms with Crippen LogP contribution in [0.25, 0.3) is 0 Å². The summed E-state index contributed by atoms with van der Waals surface area (Å²) in [4.78, 5) is 11.9. The number of hydrogen-bond acceptors (Lipinski definition) is 2. The van der Waals surface area contributed by atoms with Gasteiger partial charge in [-0.15, -0.1) is 0 Å². The Bertz CT molecular complexity index is 376. The lowest BCUT2D eigenvalue weighted by molar-refractivity contribution is -0.122. The number of nitrogen functional groups attached to an aromatic ring is 1. The van der Waals surface area contributed by atoms with Gasteiger partial charge in [-0.05, 0) is 30.5 Å². The van der Waals surface area contributed by atoms with Crippen LogP contribution in [0.1, 0.15) is 38.7 Å².